The summed E-state index contributed by atoms with van der Waals surface area (Å²) in [4.78, 5) is 25.4. The van der Waals surface area contributed by atoms with Crippen LogP contribution in [0.1, 0.15) is 15.9 Å². The summed E-state index contributed by atoms with van der Waals surface area (Å²) in [6.07, 6.45) is -0.318. The smallest absolute Gasteiger partial charge is 0.368 e. The minimum Gasteiger partial charge on any atom is -0.368 e. The number of aromatic nitrogens is 3. The average molecular weight is 437 g/mol. The van der Waals surface area contributed by atoms with E-state index >= 15 is 0 Å². The lowest BCUT2D eigenvalue weighted by Gasteiger charge is -2.11. The highest BCUT2D eigenvalue weighted by Gasteiger charge is 2.30. The Labute approximate surface area is 181 Å². The van der Waals surface area contributed by atoms with E-state index in [0.717, 1.165) is 23.2 Å². The van der Waals surface area contributed by atoms with Gasteiger partial charge in [0.15, 0.2) is 0 Å². The standard InChI is InChI=1S/C23H18F3N5O/c24-23(25,26)16-7-8-21(30-14-16)28-10-11-29-22(32)18-12-20(15-4-3-9-27-13-15)31-19-6-2-1-5-17(18)19/h1-9,12-14H,10-11H2,(H,28,30)(H,29,32). The number of anilines is 1. The molecule has 4 rings (SSSR count). The minimum absolute atomic E-state index is 0.250. The van der Waals surface area contributed by atoms with Gasteiger partial charge in [-0.2, -0.15) is 13.2 Å². The molecule has 0 aliphatic heterocycles. The van der Waals surface area contributed by atoms with Crippen molar-refractivity contribution >= 4 is 22.6 Å². The Hall–Kier alpha value is -4.01. The van der Waals surface area contributed by atoms with Crippen LogP contribution in [-0.4, -0.2) is 33.9 Å². The zero-order valence-corrected chi connectivity index (χ0v) is 16.7. The lowest BCUT2D eigenvalue weighted by molar-refractivity contribution is -0.137. The molecule has 0 fully saturated rings. The van der Waals surface area contributed by atoms with Gasteiger partial charge in [0.2, 0.25) is 0 Å². The van der Waals surface area contributed by atoms with Crippen LogP contribution >= 0.6 is 0 Å². The molecule has 0 saturated heterocycles. The quantitative estimate of drug-likeness (QED) is 0.433. The molecule has 0 aliphatic rings. The average Bonchev–Trinajstić information content (AvgIpc) is 2.81. The van der Waals surface area contributed by atoms with Gasteiger partial charge in [-0.25, -0.2) is 9.97 Å². The number of hydrogen-bond acceptors (Lipinski definition) is 5. The van der Waals surface area contributed by atoms with Crippen LogP contribution in [0.5, 0.6) is 0 Å². The number of carbonyl (C=O) groups is 1. The Morgan fingerprint density at radius 1 is 0.969 bits per heavy atom. The van der Waals surface area contributed by atoms with Crippen LogP contribution in [0.15, 0.2) is 73.2 Å². The van der Waals surface area contributed by atoms with Crippen molar-refractivity contribution < 1.29 is 18.0 Å². The molecule has 6 nitrogen and oxygen atoms in total. The van der Waals surface area contributed by atoms with Crippen LogP contribution in [0, 0.1) is 0 Å². The number of alkyl halides is 3. The topological polar surface area (TPSA) is 79.8 Å². The van der Waals surface area contributed by atoms with Crippen molar-refractivity contribution in [1.82, 2.24) is 20.3 Å². The van der Waals surface area contributed by atoms with E-state index in [2.05, 4.69) is 25.6 Å². The summed E-state index contributed by atoms with van der Waals surface area (Å²) in [5, 5.41) is 6.43. The molecule has 32 heavy (non-hydrogen) atoms. The van der Waals surface area contributed by atoms with Crippen molar-refractivity contribution in [3.05, 3.63) is 84.3 Å². The molecule has 0 bridgehead atoms. The molecule has 0 spiro atoms. The fraction of sp³-hybridized carbons (Fsp3) is 0.130. The van der Waals surface area contributed by atoms with E-state index in [9.17, 15) is 18.0 Å². The summed E-state index contributed by atoms with van der Waals surface area (Å²) in [7, 11) is 0. The molecule has 162 valence electrons. The third-order valence-electron chi connectivity index (χ3n) is 4.73. The highest BCUT2D eigenvalue weighted by molar-refractivity contribution is 6.07. The molecule has 0 aliphatic carbocycles. The number of para-hydroxylation sites is 1. The molecule has 1 amide bonds. The first-order chi connectivity index (χ1) is 15.4. The minimum atomic E-state index is -4.43. The fourth-order valence-corrected chi connectivity index (χ4v) is 3.15. The van der Waals surface area contributed by atoms with Crippen molar-refractivity contribution in [2.45, 2.75) is 6.18 Å². The van der Waals surface area contributed by atoms with Gasteiger partial charge in [0.1, 0.15) is 5.82 Å². The molecule has 3 heterocycles. The molecule has 3 aromatic heterocycles. The number of nitrogens with zero attached hydrogens (tertiary/aromatic N) is 3. The second kappa shape index (κ2) is 9.01. The van der Waals surface area contributed by atoms with Crippen LogP contribution in [0.2, 0.25) is 0 Å². The lowest BCUT2D eigenvalue weighted by atomic mass is 10.0. The third-order valence-corrected chi connectivity index (χ3v) is 4.73. The van der Waals surface area contributed by atoms with Crippen LogP contribution in [-0.2, 0) is 6.18 Å². The van der Waals surface area contributed by atoms with E-state index in [1.807, 2.05) is 30.3 Å². The number of rotatable bonds is 6. The van der Waals surface area contributed by atoms with Gasteiger partial charge in [0.05, 0.1) is 22.3 Å². The lowest BCUT2D eigenvalue weighted by Crippen LogP contribution is -2.29. The number of carbonyl (C=O) groups excluding carboxylic acids is 1. The van der Waals surface area contributed by atoms with Crippen LogP contribution in [0.3, 0.4) is 0 Å². The number of pyridine rings is 3. The summed E-state index contributed by atoms with van der Waals surface area (Å²) in [6, 6.07) is 14.9. The predicted octanol–water partition coefficient (Wildman–Crippen LogP) is 4.55. The molecule has 2 N–H and O–H groups in total. The highest BCUT2D eigenvalue weighted by atomic mass is 19.4. The molecular formula is C23H18F3N5O. The van der Waals surface area contributed by atoms with Gasteiger partial charge >= 0.3 is 6.18 Å². The normalized spacial score (nSPS) is 11.3. The first-order valence-corrected chi connectivity index (χ1v) is 9.77. The summed E-state index contributed by atoms with van der Waals surface area (Å²) in [6.45, 7) is 0.545. The first kappa shape index (κ1) is 21.2. The van der Waals surface area contributed by atoms with Crippen molar-refractivity contribution in [2.24, 2.45) is 0 Å². The molecule has 4 aromatic rings. The van der Waals surface area contributed by atoms with Crippen LogP contribution in [0.4, 0.5) is 19.0 Å². The third kappa shape index (κ3) is 4.83. The Balaban J connectivity index is 1.44. The van der Waals surface area contributed by atoms with E-state index in [4.69, 9.17) is 0 Å². The number of hydrogen-bond donors (Lipinski definition) is 2. The number of halogens is 3. The summed E-state index contributed by atoms with van der Waals surface area (Å²) < 4.78 is 37.8. The Kier molecular flexibility index (Phi) is 5.98. The maximum absolute atomic E-state index is 12.9. The molecular weight excluding hydrogens is 419 g/mol. The molecule has 0 atom stereocenters. The van der Waals surface area contributed by atoms with Crippen LogP contribution < -0.4 is 10.6 Å². The predicted molar refractivity (Wildman–Crippen MR) is 115 cm³/mol. The van der Waals surface area contributed by atoms with Crippen molar-refractivity contribution in [1.29, 1.82) is 0 Å². The van der Waals surface area contributed by atoms with Crippen molar-refractivity contribution in [3.63, 3.8) is 0 Å². The van der Waals surface area contributed by atoms with Gasteiger partial charge in [-0.1, -0.05) is 18.2 Å². The number of amides is 1. The van der Waals surface area contributed by atoms with Gasteiger partial charge in [-0.05, 0) is 36.4 Å². The molecule has 0 unspecified atom stereocenters. The monoisotopic (exact) mass is 437 g/mol. The van der Waals surface area contributed by atoms with E-state index < -0.39 is 11.7 Å². The maximum atomic E-state index is 12.9. The summed E-state index contributed by atoms with van der Waals surface area (Å²) in [5.41, 5.74) is 1.77. The van der Waals surface area contributed by atoms with Gasteiger partial charge in [0.25, 0.3) is 5.91 Å². The molecule has 1 aromatic carbocycles. The maximum Gasteiger partial charge on any atom is 0.417 e. The van der Waals surface area contributed by atoms with Crippen molar-refractivity contribution in [2.75, 3.05) is 18.4 Å². The summed E-state index contributed by atoms with van der Waals surface area (Å²) in [5.74, 6) is 0.0105. The molecule has 9 heteroatoms. The second-order valence-corrected chi connectivity index (χ2v) is 6.93. The second-order valence-electron chi connectivity index (χ2n) is 6.93. The number of benzene rings is 1. The Morgan fingerprint density at radius 3 is 2.53 bits per heavy atom. The van der Waals surface area contributed by atoms with Crippen LogP contribution in [0.25, 0.3) is 22.2 Å². The fourth-order valence-electron chi connectivity index (χ4n) is 3.15. The number of nitrogens with one attached hydrogen (secondary N) is 2. The molecule has 0 radical (unpaired) electrons. The summed E-state index contributed by atoms with van der Waals surface area (Å²) >= 11 is 0. The first-order valence-electron chi connectivity index (χ1n) is 9.77. The Bertz CT molecular complexity index is 1230. The van der Waals surface area contributed by atoms with E-state index in [1.165, 1.54) is 6.07 Å². The zero-order valence-electron chi connectivity index (χ0n) is 16.7. The van der Waals surface area contributed by atoms with E-state index in [1.54, 1.807) is 24.5 Å². The number of fused-ring (bicyclic) bond motifs is 1. The Morgan fingerprint density at radius 2 is 1.81 bits per heavy atom. The van der Waals surface area contributed by atoms with Gasteiger partial charge in [0, 0.05) is 42.6 Å². The van der Waals surface area contributed by atoms with Gasteiger partial charge < -0.3 is 10.6 Å². The van der Waals surface area contributed by atoms with E-state index in [-0.39, 0.29) is 12.5 Å². The van der Waals surface area contributed by atoms with E-state index in [0.29, 0.717) is 29.1 Å². The molecule has 0 saturated carbocycles. The van der Waals surface area contributed by atoms with Gasteiger partial charge in [-0.15, -0.1) is 0 Å². The van der Waals surface area contributed by atoms with Crippen molar-refractivity contribution in [3.8, 4) is 11.3 Å². The largest absolute Gasteiger partial charge is 0.417 e. The van der Waals surface area contributed by atoms with Gasteiger partial charge in [-0.3, -0.25) is 9.78 Å². The SMILES string of the molecule is O=C(NCCNc1ccc(C(F)(F)F)cn1)c1cc(-c2cccnc2)nc2ccccc12. The zero-order chi connectivity index (χ0) is 22.6. The highest BCUT2D eigenvalue weighted by Crippen LogP contribution is 2.29.